The number of benzene rings is 9. The van der Waals surface area contributed by atoms with Gasteiger partial charge in [-0.25, -0.2) is 9.98 Å². The lowest BCUT2D eigenvalue weighted by atomic mass is 9.81. The van der Waals surface area contributed by atoms with Crippen molar-refractivity contribution in [2.75, 3.05) is 0 Å². The molecule has 1 N–H and O–H groups in total. The first-order valence-corrected chi connectivity index (χ1v) is 23.5. The number of hydrogen-bond donors (Lipinski definition) is 1. The van der Waals surface area contributed by atoms with E-state index in [2.05, 4.69) is 207 Å². The molecule has 1 aliphatic carbocycles. The van der Waals surface area contributed by atoms with Crippen LogP contribution < -0.4 is 0 Å². The number of amidine groups is 1. The standard InChI is InChI=1S/C63H46N4O/c1-5-55(66-62(39-17-7-6-8-18-39)64-38(2)44-24-16-25-49-46-21-9-12-26-56(46)65-61(44)49)42-19-15-20-43(33-42)67-57-27-13-10-22-47(57)51-34-40(30-32-58(51)67)41-29-31-45-50-36-52-48-23-11-14-28-59(48)68-60(52)37-54(50)63(3,4)53(45)35-41/h6-37,65H,2,5H2,1,3-4H3. The minimum absolute atomic E-state index is 0.187. The Morgan fingerprint density at radius 1 is 0.544 bits per heavy atom. The van der Waals surface area contributed by atoms with Gasteiger partial charge in [0.2, 0.25) is 0 Å². The molecule has 13 rings (SSSR count). The van der Waals surface area contributed by atoms with Crippen molar-refractivity contribution in [3.8, 4) is 27.9 Å². The lowest BCUT2D eigenvalue weighted by Crippen LogP contribution is -2.15. The molecule has 0 atom stereocenters. The highest BCUT2D eigenvalue weighted by molar-refractivity contribution is 6.16. The Hall–Kier alpha value is -8.54. The number of rotatable bonds is 7. The highest BCUT2D eigenvalue weighted by Crippen LogP contribution is 2.52. The maximum absolute atomic E-state index is 6.36. The summed E-state index contributed by atoms with van der Waals surface area (Å²) >= 11 is 0. The fourth-order valence-electron chi connectivity index (χ4n) is 10.9. The van der Waals surface area contributed by atoms with Crippen LogP contribution in [-0.4, -0.2) is 21.1 Å². The van der Waals surface area contributed by atoms with Crippen LogP contribution in [0.1, 0.15) is 55.0 Å². The van der Waals surface area contributed by atoms with E-state index < -0.39 is 0 Å². The van der Waals surface area contributed by atoms with Crippen molar-refractivity contribution in [2.24, 2.45) is 9.98 Å². The zero-order valence-corrected chi connectivity index (χ0v) is 38.1. The van der Waals surface area contributed by atoms with Crippen LogP contribution in [-0.2, 0) is 5.41 Å². The maximum atomic E-state index is 6.36. The van der Waals surface area contributed by atoms with Gasteiger partial charge in [0.1, 0.15) is 11.2 Å². The normalized spacial score (nSPS) is 13.6. The summed E-state index contributed by atoms with van der Waals surface area (Å²) in [5.74, 6) is 0.623. The molecule has 1 aliphatic rings. The highest BCUT2D eigenvalue weighted by Gasteiger charge is 2.36. The molecule has 0 spiro atoms. The molecule has 68 heavy (non-hydrogen) atoms. The number of hydrogen-bond acceptors (Lipinski definition) is 2. The minimum atomic E-state index is -0.187. The van der Waals surface area contributed by atoms with Gasteiger partial charge in [0.05, 0.1) is 22.2 Å². The third-order valence-electron chi connectivity index (χ3n) is 14.3. The monoisotopic (exact) mass is 874 g/mol. The second kappa shape index (κ2) is 15.3. The molecule has 0 aliphatic heterocycles. The van der Waals surface area contributed by atoms with Crippen molar-refractivity contribution in [2.45, 2.75) is 32.6 Å². The van der Waals surface area contributed by atoms with Crippen LogP contribution in [0.3, 0.4) is 0 Å². The van der Waals surface area contributed by atoms with Gasteiger partial charge in [0, 0.05) is 65.8 Å². The largest absolute Gasteiger partial charge is 0.456 e. The first-order chi connectivity index (χ1) is 33.3. The zero-order chi connectivity index (χ0) is 45.7. The second-order valence-electron chi connectivity index (χ2n) is 18.6. The van der Waals surface area contributed by atoms with Crippen LogP contribution in [0.2, 0.25) is 0 Å². The van der Waals surface area contributed by atoms with Crippen LogP contribution >= 0.6 is 0 Å². The molecule has 0 amide bonds. The molecule has 0 saturated carbocycles. The molecule has 3 heterocycles. The Labute approximate surface area is 394 Å². The van der Waals surface area contributed by atoms with E-state index in [1.54, 1.807) is 0 Å². The van der Waals surface area contributed by atoms with E-state index in [0.717, 1.165) is 72.1 Å². The SMILES string of the molecule is C=C(N=C(N=C(CC)c1cccc(-n2c3ccccc3c3cc(-c4ccc5c(c4)C(C)(C)c4cc6oc7ccccc7c6cc4-5)ccc32)c1)c1ccccc1)c1cccc2c1[nH]c1ccccc12. The molecule has 9 aromatic carbocycles. The molecular weight excluding hydrogens is 829 g/mol. The predicted octanol–water partition coefficient (Wildman–Crippen LogP) is 16.6. The Morgan fingerprint density at radius 3 is 2.10 bits per heavy atom. The Kier molecular flexibility index (Phi) is 8.93. The van der Waals surface area contributed by atoms with Crippen molar-refractivity contribution in [1.82, 2.24) is 9.55 Å². The molecule has 5 nitrogen and oxygen atoms in total. The van der Waals surface area contributed by atoms with E-state index >= 15 is 0 Å². The third kappa shape index (κ3) is 6.16. The highest BCUT2D eigenvalue weighted by atomic mass is 16.3. The van der Waals surface area contributed by atoms with Crippen LogP contribution in [0.4, 0.5) is 0 Å². The number of para-hydroxylation sites is 4. The van der Waals surface area contributed by atoms with E-state index in [-0.39, 0.29) is 5.41 Å². The minimum Gasteiger partial charge on any atom is -0.456 e. The van der Waals surface area contributed by atoms with Gasteiger partial charge < -0.3 is 14.0 Å². The van der Waals surface area contributed by atoms with Gasteiger partial charge in [-0.3, -0.25) is 0 Å². The molecule has 324 valence electrons. The Balaban J connectivity index is 0.882. The van der Waals surface area contributed by atoms with Gasteiger partial charge in [-0.05, 0) is 106 Å². The predicted molar refractivity (Wildman–Crippen MR) is 286 cm³/mol. The van der Waals surface area contributed by atoms with Crippen molar-refractivity contribution in [3.05, 3.63) is 229 Å². The fourth-order valence-corrected chi connectivity index (χ4v) is 10.9. The molecule has 5 heteroatoms. The van der Waals surface area contributed by atoms with Crippen molar-refractivity contribution >= 4 is 82.8 Å². The smallest absolute Gasteiger partial charge is 0.160 e. The summed E-state index contributed by atoms with van der Waals surface area (Å²) in [5, 5.41) is 7.08. The summed E-state index contributed by atoms with van der Waals surface area (Å²) in [6, 6.07) is 69.4. The molecular formula is C63H46N4O. The summed E-state index contributed by atoms with van der Waals surface area (Å²) < 4.78 is 8.75. The first kappa shape index (κ1) is 39.8. The van der Waals surface area contributed by atoms with Crippen LogP contribution in [0.25, 0.3) is 99.2 Å². The van der Waals surface area contributed by atoms with E-state index in [9.17, 15) is 0 Å². The number of H-pyrrole nitrogens is 1. The first-order valence-electron chi connectivity index (χ1n) is 23.5. The number of aromatic amines is 1. The molecule has 0 bridgehead atoms. The average Bonchev–Trinajstić information content (AvgIpc) is 4.11. The number of aliphatic imine (C=N–C) groups is 2. The van der Waals surface area contributed by atoms with Gasteiger partial charge in [0.15, 0.2) is 5.84 Å². The molecule has 0 fully saturated rings. The summed E-state index contributed by atoms with van der Waals surface area (Å²) in [6.07, 6.45) is 0.711. The molecule has 3 aromatic heterocycles. The van der Waals surface area contributed by atoms with Crippen molar-refractivity contribution in [1.29, 1.82) is 0 Å². The van der Waals surface area contributed by atoms with Gasteiger partial charge in [-0.2, -0.15) is 0 Å². The number of nitrogens with one attached hydrogen (secondary N) is 1. The van der Waals surface area contributed by atoms with Crippen molar-refractivity contribution in [3.63, 3.8) is 0 Å². The van der Waals surface area contributed by atoms with Gasteiger partial charge in [-0.15, -0.1) is 0 Å². The van der Waals surface area contributed by atoms with Crippen LogP contribution in [0, 0.1) is 0 Å². The number of fused-ring (bicyclic) bond motifs is 12. The van der Waals surface area contributed by atoms with Crippen molar-refractivity contribution < 1.29 is 4.42 Å². The van der Waals surface area contributed by atoms with E-state index in [0.29, 0.717) is 18.0 Å². The number of aromatic nitrogens is 2. The third-order valence-corrected chi connectivity index (χ3v) is 14.3. The fraction of sp³-hybridized carbons (Fsp3) is 0.0794. The quantitative estimate of drug-likeness (QED) is 0.126. The summed E-state index contributed by atoms with van der Waals surface area (Å²) in [5.41, 5.74) is 19.3. The van der Waals surface area contributed by atoms with E-state index in [1.165, 1.54) is 54.9 Å². The number of nitrogens with zero attached hydrogens (tertiary/aromatic N) is 3. The van der Waals surface area contributed by atoms with E-state index in [1.807, 2.05) is 24.3 Å². The van der Waals surface area contributed by atoms with Gasteiger partial charge in [-0.1, -0.05) is 161 Å². The van der Waals surface area contributed by atoms with Gasteiger partial charge >= 0.3 is 0 Å². The summed E-state index contributed by atoms with van der Waals surface area (Å²) in [4.78, 5) is 14.2. The van der Waals surface area contributed by atoms with Gasteiger partial charge in [0.25, 0.3) is 0 Å². The Bertz CT molecular complexity index is 4120. The number of furan rings is 1. The summed E-state index contributed by atoms with van der Waals surface area (Å²) in [7, 11) is 0. The molecule has 0 unspecified atom stereocenters. The lowest BCUT2D eigenvalue weighted by molar-refractivity contribution is 0.647. The maximum Gasteiger partial charge on any atom is 0.160 e. The molecule has 0 radical (unpaired) electrons. The van der Waals surface area contributed by atoms with Crippen LogP contribution in [0.5, 0.6) is 0 Å². The zero-order valence-electron chi connectivity index (χ0n) is 38.1. The summed E-state index contributed by atoms with van der Waals surface area (Å²) in [6.45, 7) is 11.4. The topological polar surface area (TPSA) is 58.6 Å². The second-order valence-corrected chi connectivity index (χ2v) is 18.6. The Morgan fingerprint density at radius 2 is 1.24 bits per heavy atom. The lowest BCUT2D eigenvalue weighted by Gasteiger charge is -2.22. The molecule has 12 aromatic rings. The van der Waals surface area contributed by atoms with Crippen LogP contribution in [0.15, 0.2) is 215 Å². The van der Waals surface area contributed by atoms with E-state index in [4.69, 9.17) is 14.4 Å². The molecule has 0 saturated heterocycles. The average molecular weight is 875 g/mol.